The van der Waals surface area contributed by atoms with Gasteiger partial charge in [0, 0.05) is 38.3 Å². The zero-order chi connectivity index (χ0) is 13.0. The molecule has 3 heteroatoms. The monoisotopic (exact) mass is 253 g/mol. The van der Waals surface area contributed by atoms with Gasteiger partial charge in [0.1, 0.15) is 0 Å². The topological polar surface area (TPSA) is 18.5 Å². The molecule has 0 amide bonds. The summed E-state index contributed by atoms with van der Waals surface area (Å²) in [5.41, 5.74) is 0.390. The van der Waals surface area contributed by atoms with Crippen LogP contribution in [0.1, 0.15) is 40.0 Å². The molecule has 18 heavy (non-hydrogen) atoms. The molecule has 0 saturated carbocycles. The molecule has 2 aliphatic heterocycles. The number of nitrogens with one attached hydrogen (secondary N) is 1. The molecule has 1 N–H and O–H groups in total. The average molecular weight is 253 g/mol. The molecule has 1 atom stereocenters. The summed E-state index contributed by atoms with van der Waals surface area (Å²) in [6.07, 6.45) is 3.92. The fourth-order valence-electron chi connectivity index (χ4n) is 3.64. The highest BCUT2D eigenvalue weighted by Crippen LogP contribution is 2.23. The largest absolute Gasteiger partial charge is 0.309 e. The standard InChI is InChI=1S/C15H31N3/c1-4-15(5-2)13-18(10-8-16-15)12-14-7-9-17(6-3)11-14/h14,16H,4-13H2,1-3H3. The van der Waals surface area contributed by atoms with Crippen LogP contribution in [0.4, 0.5) is 0 Å². The molecule has 2 fully saturated rings. The lowest BCUT2D eigenvalue weighted by Crippen LogP contribution is -2.60. The highest BCUT2D eigenvalue weighted by molar-refractivity contribution is 4.93. The third-order valence-corrected chi connectivity index (χ3v) is 5.14. The van der Waals surface area contributed by atoms with Crippen molar-refractivity contribution in [2.75, 3.05) is 45.8 Å². The summed E-state index contributed by atoms with van der Waals surface area (Å²) < 4.78 is 0. The first kappa shape index (κ1) is 14.3. The lowest BCUT2D eigenvalue weighted by atomic mass is 9.89. The SMILES string of the molecule is CCN1CCC(CN2CCNC(CC)(CC)C2)C1. The molecule has 2 rings (SSSR count). The van der Waals surface area contributed by atoms with Crippen LogP contribution in [0, 0.1) is 5.92 Å². The van der Waals surface area contributed by atoms with Crippen LogP contribution in [-0.4, -0.2) is 61.2 Å². The summed E-state index contributed by atoms with van der Waals surface area (Å²) >= 11 is 0. The zero-order valence-corrected chi connectivity index (χ0v) is 12.5. The van der Waals surface area contributed by atoms with E-state index in [1.807, 2.05) is 0 Å². The molecule has 2 heterocycles. The van der Waals surface area contributed by atoms with Gasteiger partial charge in [0.05, 0.1) is 0 Å². The van der Waals surface area contributed by atoms with E-state index in [9.17, 15) is 0 Å². The molecule has 1 unspecified atom stereocenters. The summed E-state index contributed by atoms with van der Waals surface area (Å²) in [7, 11) is 0. The summed E-state index contributed by atoms with van der Waals surface area (Å²) in [5, 5.41) is 3.75. The van der Waals surface area contributed by atoms with Crippen LogP contribution in [0.15, 0.2) is 0 Å². The van der Waals surface area contributed by atoms with Gasteiger partial charge in [-0.3, -0.25) is 4.90 Å². The van der Waals surface area contributed by atoms with E-state index in [1.54, 1.807) is 0 Å². The van der Waals surface area contributed by atoms with E-state index in [-0.39, 0.29) is 0 Å². The van der Waals surface area contributed by atoms with Crippen LogP contribution in [-0.2, 0) is 0 Å². The third kappa shape index (κ3) is 3.25. The molecule has 0 aromatic carbocycles. The Morgan fingerprint density at radius 2 is 1.89 bits per heavy atom. The first-order valence-corrected chi connectivity index (χ1v) is 7.91. The van der Waals surface area contributed by atoms with Gasteiger partial charge in [-0.1, -0.05) is 20.8 Å². The van der Waals surface area contributed by atoms with Crippen molar-refractivity contribution >= 4 is 0 Å². The van der Waals surface area contributed by atoms with E-state index in [2.05, 4.69) is 35.9 Å². The van der Waals surface area contributed by atoms with Crippen LogP contribution in [0.25, 0.3) is 0 Å². The normalized spacial score (nSPS) is 29.8. The Bertz CT molecular complexity index is 250. The van der Waals surface area contributed by atoms with Crippen molar-refractivity contribution in [3.05, 3.63) is 0 Å². The van der Waals surface area contributed by atoms with Gasteiger partial charge < -0.3 is 10.2 Å². The maximum absolute atomic E-state index is 3.75. The van der Waals surface area contributed by atoms with Gasteiger partial charge in [-0.25, -0.2) is 0 Å². The summed E-state index contributed by atoms with van der Waals surface area (Å²) in [6, 6.07) is 0. The summed E-state index contributed by atoms with van der Waals surface area (Å²) in [6.45, 7) is 15.8. The summed E-state index contributed by atoms with van der Waals surface area (Å²) in [5.74, 6) is 0.912. The van der Waals surface area contributed by atoms with Gasteiger partial charge in [0.25, 0.3) is 0 Å². The van der Waals surface area contributed by atoms with Gasteiger partial charge in [-0.15, -0.1) is 0 Å². The van der Waals surface area contributed by atoms with Crippen molar-refractivity contribution in [3.8, 4) is 0 Å². The van der Waals surface area contributed by atoms with E-state index < -0.39 is 0 Å². The van der Waals surface area contributed by atoms with Crippen molar-refractivity contribution in [1.82, 2.24) is 15.1 Å². The van der Waals surface area contributed by atoms with Crippen LogP contribution in [0.5, 0.6) is 0 Å². The molecular weight excluding hydrogens is 222 g/mol. The van der Waals surface area contributed by atoms with Crippen molar-refractivity contribution in [1.29, 1.82) is 0 Å². The maximum Gasteiger partial charge on any atom is 0.0304 e. The molecular formula is C15H31N3. The second-order valence-corrected chi connectivity index (χ2v) is 6.20. The minimum absolute atomic E-state index is 0.390. The molecule has 0 aromatic heterocycles. The Morgan fingerprint density at radius 3 is 2.50 bits per heavy atom. The van der Waals surface area contributed by atoms with E-state index in [0.29, 0.717) is 5.54 Å². The molecule has 0 spiro atoms. The van der Waals surface area contributed by atoms with Gasteiger partial charge in [-0.2, -0.15) is 0 Å². The number of rotatable bonds is 5. The van der Waals surface area contributed by atoms with Crippen LogP contribution in [0.2, 0.25) is 0 Å². The van der Waals surface area contributed by atoms with Crippen molar-refractivity contribution in [2.45, 2.75) is 45.6 Å². The van der Waals surface area contributed by atoms with Gasteiger partial charge in [0.2, 0.25) is 0 Å². The number of hydrogen-bond donors (Lipinski definition) is 1. The summed E-state index contributed by atoms with van der Waals surface area (Å²) in [4.78, 5) is 5.31. The predicted octanol–water partition coefficient (Wildman–Crippen LogP) is 1.79. The van der Waals surface area contributed by atoms with Crippen molar-refractivity contribution < 1.29 is 0 Å². The number of piperazine rings is 1. The smallest absolute Gasteiger partial charge is 0.0304 e. The molecule has 2 aliphatic rings. The second-order valence-electron chi connectivity index (χ2n) is 6.20. The van der Waals surface area contributed by atoms with Crippen LogP contribution < -0.4 is 5.32 Å². The first-order chi connectivity index (χ1) is 8.71. The molecule has 0 aliphatic carbocycles. The highest BCUT2D eigenvalue weighted by Gasteiger charge is 2.33. The quantitative estimate of drug-likeness (QED) is 0.806. The predicted molar refractivity (Wildman–Crippen MR) is 78.0 cm³/mol. The number of nitrogens with zero attached hydrogens (tertiary/aromatic N) is 2. The van der Waals surface area contributed by atoms with Gasteiger partial charge in [0.15, 0.2) is 0 Å². The lowest BCUT2D eigenvalue weighted by molar-refractivity contribution is 0.109. The molecule has 0 aromatic rings. The minimum Gasteiger partial charge on any atom is -0.309 e. The van der Waals surface area contributed by atoms with E-state index in [4.69, 9.17) is 0 Å². The van der Waals surface area contributed by atoms with E-state index in [0.717, 1.165) is 5.92 Å². The molecule has 3 nitrogen and oxygen atoms in total. The van der Waals surface area contributed by atoms with Crippen LogP contribution >= 0.6 is 0 Å². The van der Waals surface area contributed by atoms with Crippen LogP contribution in [0.3, 0.4) is 0 Å². The maximum atomic E-state index is 3.75. The lowest BCUT2D eigenvalue weighted by Gasteiger charge is -2.44. The second kappa shape index (κ2) is 6.36. The number of hydrogen-bond acceptors (Lipinski definition) is 3. The Morgan fingerprint density at radius 1 is 1.11 bits per heavy atom. The molecule has 0 bridgehead atoms. The first-order valence-electron chi connectivity index (χ1n) is 7.91. The third-order valence-electron chi connectivity index (χ3n) is 5.14. The van der Waals surface area contributed by atoms with E-state index in [1.165, 1.54) is 65.1 Å². The van der Waals surface area contributed by atoms with E-state index >= 15 is 0 Å². The minimum atomic E-state index is 0.390. The van der Waals surface area contributed by atoms with Gasteiger partial charge >= 0.3 is 0 Å². The average Bonchev–Trinajstić information content (AvgIpc) is 2.86. The van der Waals surface area contributed by atoms with Crippen molar-refractivity contribution in [2.24, 2.45) is 5.92 Å². The fraction of sp³-hybridized carbons (Fsp3) is 1.00. The Balaban J connectivity index is 1.83. The fourth-order valence-corrected chi connectivity index (χ4v) is 3.64. The Hall–Kier alpha value is -0.120. The zero-order valence-electron chi connectivity index (χ0n) is 12.5. The molecule has 0 radical (unpaired) electrons. The van der Waals surface area contributed by atoms with Gasteiger partial charge in [-0.05, 0) is 38.3 Å². The Kier molecular flexibility index (Phi) is 5.05. The Labute approximate surface area is 113 Å². The molecule has 2 saturated heterocycles. The highest BCUT2D eigenvalue weighted by atomic mass is 15.2. The van der Waals surface area contributed by atoms with Crippen molar-refractivity contribution in [3.63, 3.8) is 0 Å². The number of likely N-dealkylation sites (tertiary alicyclic amines) is 1. The molecule has 106 valence electrons.